The van der Waals surface area contributed by atoms with Crippen molar-refractivity contribution in [2.45, 2.75) is 228 Å². The van der Waals surface area contributed by atoms with Crippen LogP contribution in [-0.2, 0) is 42.9 Å². The van der Waals surface area contributed by atoms with E-state index in [2.05, 4.69) is 61.4 Å². The Morgan fingerprint density at radius 2 is 1.08 bits per heavy atom. The largest absolute Gasteiger partial charge is 0.508 e. The monoisotopic (exact) mass is 1260 g/mol. The maximum atomic E-state index is 12.6. The average Bonchev–Trinajstić information content (AvgIpc) is 1.32. The summed E-state index contributed by atoms with van der Waals surface area (Å²) >= 11 is 0. The summed E-state index contributed by atoms with van der Waals surface area (Å²) in [6.45, 7) is 22.8. The normalized spacial score (nSPS) is 22.7. The quantitative estimate of drug-likeness (QED) is 0.0277. The van der Waals surface area contributed by atoms with Gasteiger partial charge in [0.05, 0.1) is 37.8 Å². The molecule has 2 N–H and O–H groups in total. The zero-order valence-electron chi connectivity index (χ0n) is 57.6. The second-order valence-electron chi connectivity index (χ2n) is 28.5. The van der Waals surface area contributed by atoms with Crippen LogP contribution in [0, 0.1) is 45.8 Å². The second-order valence-corrected chi connectivity index (χ2v) is 28.5. The molecule has 6 aliphatic rings. The van der Waals surface area contributed by atoms with Crippen molar-refractivity contribution in [3.05, 3.63) is 119 Å². The Kier molecular flexibility index (Phi) is 27.9. The van der Waals surface area contributed by atoms with E-state index < -0.39 is 5.97 Å². The molecule has 1 aliphatic heterocycles. The zero-order chi connectivity index (χ0) is 66.6. The van der Waals surface area contributed by atoms with Gasteiger partial charge < -0.3 is 38.6 Å². The lowest BCUT2D eigenvalue weighted by Crippen LogP contribution is -2.48. The predicted molar refractivity (Wildman–Crippen MR) is 358 cm³/mol. The molecule has 4 bridgehead atoms. The van der Waals surface area contributed by atoms with Gasteiger partial charge >= 0.3 is 17.9 Å². The van der Waals surface area contributed by atoms with Gasteiger partial charge in [0.15, 0.2) is 12.9 Å². The minimum atomic E-state index is -0.445. The summed E-state index contributed by atoms with van der Waals surface area (Å²) in [5.74, 6) is 4.74. The van der Waals surface area contributed by atoms with Crippen molar-refractivity contribution in [2.24, 2.45) is 45.8 Å². The number of carbonyl (C=O) groups excluding carboxylic acids is 5. The Morgan fingerprint density at radius 1 is 0.615 bits per heavy atom. The molecule has 502 valence electrons. The summed E-state index contributed by atoms with van der Waals surface area (Å²) in [6, 6.07) is 31.0. The third-order valence-electron chi connectivity index (χ3n) is 20.7. The predicted octanol–water partition coefficient (Wildman–Crippen LogP) is 17.2. The maximum Gasteiger partial charge on any atom is 0.343 e. The van der Waals surface area contributed by atoms with Crippen LogP contribution in [-0.4, -0.2) is 91.7 Å². The number of carbonyl (C=O) groups is 5. The van der Waals surface area contributed by atoms with Crippen LogP contribution >= 0.6 is 0 Å². The van der Waals surface area contributed by atoms with Gasteiger partial charge in [-0.25, -0.2) is 4.79 Å². The van der Waals surface area contributed by atoms with Gasteiger partial charge in [0.25, 0.3) is 0 Å². The SMILES string of the molecule is CCC(C)(C)C(=O)OC.CCC(C)(C)C(=O)OCC12CC3CC(CC(C3)C1)C2.CCC(CC(C)c1ccc(OC(C)OC2CCCCC2)cc1)c1ccc(O)cc1.COC(=O)COc1ccc(C(CCC2C(=O)N(C)C(=O)C2C)CC(C)c2ccc(O)cc2)cc1. The molecular weight excluding hydrogens is 1150 g/mol. The first-order chi connectivity index (χ1) is 43.2. The molecule has 0 aromatic heterocycles. The van der Waals surface area contributed by atoms with Crippen LogP contribution in [0.15, 0.2) is 97.1 Å². The van der Waals surface area contributed by atoms with Crippen LogP contribution in [0.2, 0.25) is 0 Å². The number of likely N-dealkylation sites (tertiary alicyclic amines) is 1. The van der Waals surface area contributed by atoms with Gasteiger partial charge in [-0.3, -0.25) is 24.1 Å². The summed E-state index contributed by atoms with van der Waals surface area (Å²) in [4.78, 5) is 60.4. The smallest absolute Gasteiger partial charge is 0.343 e. The molecule has 4 aromatic rings. The van der Waals surface area contributed by atoms with E-state index in [-0.39, 0.29) is 76.9 Å². The fourth-order valence-corrected chi connectivity index (χ4v) is 14.5. The standard InChI is InChI=1S/C27H33NO6.C26H36O3.C17H28O2.C7H14O2/c1-17(19-5-10-22(29)11-6-19)15-21(9-14-24-18(2)26(31)28(3)27(24)32)20-7-12-23(13-8-20)34-16-25(30)33-4;1-4-21(23-10-14-24(27)15-11-23)18-19(2)22-12-16-26(17-13-22)29-20(3)28-25-8-6-5-7-9-25;1-4-16(2,3)15(18)19-11-17-8-12-5-13(9-17)7-14(6-12)10-17;1-5-7(2,3)6(8)9-4/h5-8,10-13,17-18,21,24,29H,9,14-16H2,1-4H3;10-17,19-21,25,27H,4-9,18H2,1-3H3;12-14H,4-11H2,1-3H3;5H2,1-4H3. The second kappa shape index (κ2) is 34.5. The molecule has 0 radical (unpaired) electrons. The Bertz CT molecular complexity index is 2860. The molecule has 14 heteroatoms. The molecule has 6 fully saturated rings. The van der Waals surface area contributed by atoms with Crippen molar-refractivity contribution in [3.63, 3.8) is 0 Å². The lowest BCUT2D eigenvalue weighted by Gasteiger charge is -2.56. The molecule has 0 spiro atoms. The fraction of sp³-hybridized carbons (Fsp3) is 0.623. The van der Waals surface area contributed by atoms with Gasteiger partial charge in [-0.05, 0) is 243 Å². The summed E-state index contributed by atoms with van der Waals surface area (Å²) in [5, 5.41) is 19.1. The van der Waals surface area contributed by atoms with E-state index in [1.54, 1.807) is 31.3 Å². The molecule has 5 saturated carbocycles. The van der Waals surface area contributed by atoms with Crippen molar-refractivity contribution in [3.8, 4) is 23.0 Å². The molecule has 1 saturated heterocycles. The number of phenolic OH excluding ortho intramolecular Hbond substituents is 2. The minimum Gasteiger partial charge on any atom is -0.508 e. The molecule has 2 amide bonds. The summed E-state index contributed by atoms with van der Waals surface area (Å²) in [6.07, 6.45) is 20.7. The number of hydrogen-bond acceptors (Lipinski definition) is 13. The van der Waals surface area contributed by atoms with Gasteiger partial charge in [-0.15, -0.1) is 0 Å². The van der Waals surface area contributed by atoms with Crippen molar-refractivity contribution < 1.29 is 62.6 Å². The lowest BCUT2D eigenvalue weighted by molar-refractivity contribution is -0.165. The van der Waals surface area contributed by atoms with E-state index in [0.29, 0.717) is 47.9 Å². The number of imide groups is 1. The van der Waals surface area contributed by atoms with Gasteiger partial charge in [0.1, 0.15) is 23.0 Å². The van der Waals surface area contributed by atoms with E-state index in [0.717, 1.165) is 86.0 Å². The van der Waals surface area contributed by atoms with Gasteiger partial charge in [-0.1, -0.05) is 109 Å². The first-order valence-corrected chi connectivity index (χ1v) is 34.1. The van der Waals surface area contributed by atoms with Crippen molar-refractivity contribution in [1.82, 2.24) is 4.90 Å². The van der Waals surface area contributed by atoms with E-state index in [1.165, 1.54) is 88.0 Å². The molecule has 14 nitrogen and oxygen atoms in total. The van der Waals surface area contributed by atoms with Crippen LogP contribution in [0.25, 0.3) is 0 Å². The summed E-state index contributed by atoms with van der Waals surface area (Å²) in [5.41, 5.74) is 4.58. The van der Waals surface area contributed by atoms with Crippen LogP contribution in [0.5, 0.6) is 23.0 Å². The number of esters is 3. The number of phenols is 2. The van der Waals surface area contributed by atoms with Crippen molar-refractivity contribution in [1.29, 1.82) is 0 Å². The molecule has 4 aromatic carbocycles. The fourth-order valence-electron chi connectivity index (χ4n) is 14.5. The first-order valence-electron chi connectivity index (χ1n) is 34.1. The van der Waals surface area contributed by atoms with Crippen LogP contribution in [0.4, 0.5) is 0 Å². The van der Waals surface area contributed by atoms with Gasteiger partial charge in [0, 0.05) is 24.3 Å². The van der Waals surface area contributed by atoms with Crippen LogP contribution in [0.1, 0.15) is 238 Å². The molecule has 10 rings (SSSR count). The van der Waals surface area contributed by atoms with Crippen LogP contribution < -0.4 is 9.47 Å². The first kappa shape index (κ1) is 73.6. The van der Waals surface area contributed by atoms with E-state index in [9.17, 15) is 34.2 Å². The Balaban J connectivity index is 0.000000209. The number of hydrogen-bond donors (Lipinski definition) is 2. The summed E-state index contributed by atoms with van der Waals surface area (Å²) in [7, 11) is 4.29. The molecule has 7 unspecified atom stereocenters. The lowest BCUT2D eigenvalue weighted by atomic mass is 9.50. The molecule has 7 atom stereocenters. The third kappa shape index (κ3) is 21.6. The highest BCUT2D eigenvalue weighted by molar-refractivity contribution is 6.04. The number of methoxy groups -OCH3 is 2. The molecular formula is C77H111NO13. The third-order valence-corrected chi connectivity index (χ3v) is 20.7. The Hall–Kier alpha value is -6.41. The molecule has 5 aliphatic carbocycles. The average molecular weight is 1260 g/mol. The maximum absolute atomic E-state index is 12.6. The van der Waals surface area contributed by atoms with E-state index in [4.69, 9.17) is 18.9 Å². The highest BCUT2D eigenvalue weighted by Gasteiger charge is 2.52. The number of benzene rings is 4. The van der Waals surface area contributed by atoms with E-state index in [1.807, 2.05) is 97.0 Å². The van der Waals surface area contributed by atoms with Gasteiger partial charge in [0.2, 0.25) is 11.8 Å². The topological polar surface area (TPSA) is 184 Å². The highest BCUT2D eigenvalue weighted by Crippen LogP contribution is 2.60. The number of nitrogens with zero attached hydrogens (tertiary/aromatic N) is 1. The van der Waals surface area contributed by atoms with Gasteiger partial charge in [-0.2, -0.15) is 0 Å². The number of amides is 2. The molecule has 91 heavy (non-hydrogen) atoms. The Labute approximate surface area is 545 Å². The highest BCUT2D eigenvalue weighted by atomic mass is 16.7. The minimum absolute atomic E-state index is 0.00532. The Morgan fingerprint density at radius 3 is 1.54 bits per heavy atom. The van der Waals surface area contributed by atoms with Crippen molar-refractivity contribution >= 4 is 29.7 Å². The molecule has 1 heterocycles. The zero-order valence-corrected chi connectivity index (χ0v) is 57.6. The van der Waals surface area contributed by atoms with E-state index >= 15 is 0 Å². The van der Waals surface area contributed by atoms with Crippen LogP contribution in [0.3, 0.4) is 0 Å². The van der Waals surface area contributed by atoms with Crippen molar-refractivity contribution in [2.75, 3.05) is 34.5 Å². The number of aromatic hydroxyl groups is 2. The summed E-state index contributed by atoms with van der Waals surface area (Å²) < 4.78 is 32.4. The number of ether oxygens (including phenoxy) is 6. The number of rotatable bonds is 25.